The smallest absolute Gasteiger partial charge is 0.257 e. The van der Waals surface area contributed by atoms with Gasteiger partial charge in [0.15, 0.2) is 10.9 Å². The van der Waals surface area contributed by atoms with Crippen molar-refractivity contribution in [1.82, 2.24) is 9.97 Å². The molecule has 0 unspecified atom stereocenters. The number of benzene rings is 2. The van der Waals surface area contributed by atoms with Crippen LogP contribution in [-0.4, -0.2) is 22.9 Å². The maximum absolute atomic E-state index is 13.4. The zero-order valence-corrected chi connectivity index (χ0v) is 21.3. The molecular weight excluding hydrogens is 482 g/mol. The van der Waals surface area contributed by atoms with Crippen molar-refractivity contribution in [1.29, 1.82) is 0 Å². The summed E-state index contributed by atoms with van der Waals surface area (Å²) < 4.78 is 5.31. The van der Waals surface area contributed by atoms with Crippen LogP contribution in [0.15, 0.2) is 69.8 Å². The molecule has 0 bridgehead atoms. The lowest BCUT2D eigenvalue weighted by molar-refractivity contribution is -0.118. The molecule has 2 N–H and O–H groups in total. The molecule has 2 heterocycles. The number of thioether (sulfide) groups is 1. The first kappa shape index (κ1) is 23.7. The number of methoxy groups -OCH3 is 1. The van der Waals surface area contributed by atoms with Gasteiger partial charge >= 0.3 is 0 Å². The van der Waals surface area contributed by atoms with Crippen molar-refractivity contribution in [2.24, 2.45) is 5.41 Å². The predicted octanol–water partition coefficient (Wildman–Crippen LogP) is 5.92. The number of carbonyl (C=O) groups excluding carboxylic acids is 1. The van der Waals surface area contributed by atoms with Gasteiger partial charge in [-0.1, -0.05) is 61.5 Å². The van der Waals surface area contributed by atoms with Gasteiger partial charge in [-0.3, -0.25) is 9.59 Å². The van der Waals surface area contributed by atoms with Gasteiger partial charge in [0, 0.05) is 34.4 Å². The molecule has 5 rings (SSSR count). The molecule has 0 spiro atoms. The van der Waals surface area contributed by atoms with E-state index in [1.54, 1.807) is 7.11 Å². The fourth-order valence-electron chi connectivity index (χ4n) is 4.87. The minimum atomic E-state index is -0.487. The standard InChI is InChI=1S/C27H26ClN3O3S/c1-27(2)12-19-22(20(32)13-27)21(16-7-9-18(34-3)10-8-16)23-24(29-19)30-26(31-25(23)33)35-14-15-5-4-6-17(28)11-15/h4-11,21H,12-14H2,1-3H3,(H2,29,30,31,33)/t21-/m1/s1. The number of hydrogen-bond acceptors (Lipinski definition) is 6. The molecule has 0 radical (unpaired) electrons. The molecule has 8 heteroatoms. The first-order valence-corrected chi connectivity index (χ1v) is 12.8. The van der Waals surface area contributed by atoms with E-state index in [1.807, 2.05) is 48.5 Å². The number of halogens is 1. The number of H-pyrrole nitrogens is 1. The number of nitrogens with zero attached hydrogens (tertiary/aromatic N) is 1. The van der Waals surface area contributed by atoms with Crippen LogP contribution >= 0.6 is 23.4 Å². The van der Waals surface area contributed by atoms with Crippen molar-refractivity contribution >= 4 is 35.0 Å². The number of Topliss-reactive ketones (excluding diaryl/α,β-unsaturated/α-hetero) is 1. The van der Waals surface area contributed by atoms with Gasteiger partial charge in [0.05, 0.1) is 12.7 Å². The van der Waals surface area contributed by atoms with Gasteiger partial charge < -0.3 is 15.0 Å². The molecular formula is C27H26ClN3O3S. The summed E-state index contributed by atoms with van der Waals surface area (Å²) in [6.07, 6.45) is 1.15. The second-order valence-electron chi connectivity index (χ2n) is 9.72. The van der Waals surface area contributed by atoms with Crippen LogP contribution in [-0.2, 0) is 10.5 Å². The molecule has 2 aliphatic rings. The van der Waals surface area contributed by atoms with Crippen molar-refractivity contribution in [3.05, 3.63) is 91.9 Å². The fraction of sp³-hybridized carbons (Fsp3) is 0.296. The lowest BCUT2D eigenvalue weighted by Crippen LogP contribution is -2.37. The highest BCUT2D eigenvalue weighted by Crippen LogP contribution is 2.47. The minimum Gasteiger partial charge on any atom is -0.497 e. The van der Waals surface area contributed by atoms with Gasteiger partial charge in [0.1, 0.15) is 11.6 Å². The summed E-state index contributed by atoms with van der Waals surface area (Å²) in [6.45, 7) is 4.18. The number of ether oxygens (including phenoxy) is 1. The predicted molar refractivity (Wildman–Crippen MR) is 139 cm³/mol. The Bertz CT molecular complexity index is 1400. The number of anilines is 1. The van der Waals surface area contributed by atoms with E-state index in [1.165, 1.54) is 11.8 Å². The van der Waals surface area contributed by atoms with Crippen LogP contribution < -0.4 is 15.6 Å². The number of aromatic amines is 1. The van der Waals surface area contributed by atoms with Crippen LogP contribution in [0.1, 0.15) is 49.3 Å². The van der Waals surface area contributed by atoms with Gasteiger partial charge in [-0.25, -0.2) is 4.98 Å². The van der Waals surface area contributed by atoms with Crippen LogP contribution in [0.5, 0.6) is 5.75 Å². The molecule has 1 aliphatic heterocycles. The summed E-state index contributed by atoms with van der Waals surface area (Å²) in [5, 5.41) is 4.55. The van der Waals surface area contributed by atoms with E-state index in [2.05, 4.69) is 24.1 Å². The van der Waals surface area contributed by atoms with E-state index in [0.29, 0.717) is 51.5 Å². The van der Waals surface area contributed by atoms with Crippen molar-refractivity contribution < 1.29 is 9.53 Å². The van der Waals surface area contributed by atoms with Gasteiger partial charge in [-0.2, -0.15) is 0 Å². The normalized spacial score (nSPS) is 18.5. The quantitative estimate of drug-likeness (QED) is 0.329. The zero-order valence-electron chi connectivity index (χ0n) is 19.8. The van der Waals surface area contributed by atoms with Gasteiger partial charge in [0.2, 0.25) is 0 Å². The number of fused-ring (bicyclic) bond motifs is 1. The summed E-state index contributed by atoms with van der Waals surface area (Å²) in [6, 6.07) is 15.1. The molecule has 180 valence electrons. The topological polar surface area (TPSA) is 84.1 Å². The highest BCUT2D eigenvalue weighted by molar-refractivity contribution is 7.98. The Labute approximate surface area is 213 Å². The summed E-state index contributed by atoms with van der Waals surface area (Å²) in [5.41, 5.74) is 3.46. The second kappa shape index (κ2) is 9.21. The Kier molecular flexibility index (Phi) is 6.23. The third-order valence-corrected chi connectivity index (χ3v) is 7.59. The number of nitrogens with one attached hydrogen (secondary N) is 2. The second-order valence-corrected chi connectivity index (χ2v) is 11.1. The van der Waals surface area contributed by atoms with E-state index in [0.717, 1.165) is 16.8 Å². The third kappa shape index (κ3) is 4.75. The minimum absolute atomic E-state index is 0.0639. The third-order valence-electron chi connectivity index (χ3n) is 6.41. The fourth-order valence-corrected chi connectivity index (χ4v) is 5.89. The van der Waals surface area contributed by atoms with Crippen molar-refractivity contribution in [3.8, 4) is 5.75 Å². The molecule has 2 aromatic carbocycles. The van der Waals surface area contributed by atoms with Crippen molar-refractivity contribution in [2.45, 2.75) is 43.5 Å². The number of ketones is 1. The number of aromatic nitrogens is 2. The molecule has 1 aliphatic carbocycles. The number of hydrogen-bond donors (Lipinski definition) is 2. The average Bonchev–Trinajstić information content (AvgIpc) is 2.81. The molecule has 1 aromatic heterocycles. The first-order valence-electron chi connectivity index (χ1n) is 11.4. The molecule has 0 saturated heterocycles. The van der Waals surface area contributed by atoms with Crippen LogP contribution in [0.25, 0.3) is 0 Å². The molecule has 0 fully saturated rings. The molecule has 3 aromatic rings. The molecule has 35 heavy (non-hydrogen) atoms. The van der Waals surface area contributed by atoms with Gasteiger partial charge in [-0.05, 0) is 47.2 Å². The van der Waals surface area contributed by atoms with E-state index in [4.69, 9.17) is 21.3 Å². The Morgan fingerprint density at radius 1 is 1.14 bits per heavy atom. The Morgan fingerprint density at radius 3 is 2.63 bits per heavy atom. The largest absolute Gasteiger partial charge is 0.497 e. The summed E-state index contributed by atoms with van der Waals surface area (Å²) in [5.74, 6) is 1.41. The summed E-state index contributed by atoms with van der Waals surface area (Å²) in [4.78, 5) is 34.5. The van der Waals surface area contributed by atoms with E-state index < -0.39 is 5.92 Å². The maximum Gasteiger partial charge on any atom is 0.257 e. The van der Waals surface area contributed by atoms with Crippen molar-refractivity contribution in [3.63, 3.8) is 0 Å². The van der Waals surface area contributed by atoms with Crippen LogP contribution in [0.2, 0.25) is 5.02 Å². The zero-order chi connectivity index (χ0) is 24.7. The molecule has 6 nitrogen and oxygen atoms in total. The van der Waals surface area contributed by atoms with Crippen LogP contribution in [0.4, 0.5) is 5.82 Å². The van der Waals surface area contributed by atoms with E-state index >= 15 is 0 Å². The molecule has 0 amide bonds. The SMILES string of the molecule is COc1ccc([C@@H]2C3=C(CC(C)(C)CC3=O)Nc3nc(SCc4cccc(Cl)c4)[nH]c(=O)c32)cc1. The Morgan fingerprint density at radius 2 is 1.91 bits per heavy atom. The van der Waals surface area contributed by atoms with Crippen molar-refractivity contribution in [2.75, 3.05) is 12.4 Å². The number of carbonyl (C=O) groups is 1. The average molecular weight is 508 g/mol. The Balaban J connectivity index is 1.57. The van der Waals surface area contributed by atoms with E-state index in [9.17, 15) is 9.59 Å². The highest BCUT2D eigenvalue weighted by atomic mass is 35.5. The van der Waals surface area contributed by atoms with E-state index in [-0.39, 0.29) is 16.8 Å². The van der Waals surface area contributed by atoms with Crippen LogP contribution in [0, 0.1) is 5.41 Å². The lowest BCUT2D eigenvalue weighted by Gasteiger charge is -2.38. The summed E-state index contributed by atoms with van der Waals surface area (Å²) in [7, 11) is 1.61. The highest BCUT2D eigenvalue weighted by Gasteiger charge is 2.42. The molecule has 1 atom stereocenters. The summed E-state index contributed by atoms with van der Waals surface area (Å²) >= 11 is 7.54. The monoisotopic (exact) mass is 507 g/mol. The van der Waals surface area contributed by atoms with Gasteiger partial charge in [-0.15, -0.1) is 0 Å². The maximum atomic E-state index is 13.4. The Hall–Kier alpha value is -3.03. The number of allylic oxidation sites excluding steroid dienone is 2. The van der Waals surface area contributed by atoms with Gasteiger partial charge in [0.25, 0.3) is 5.56 Å². The lowest BCUT2D eigenvalue weighted by atomic mass is 9.69. The molecule has 0 saturated carbocycles. The first-order chi connectivity index (χ1) is 16.7. The van der Waals surface area contributed by atoms with Crippen LogP contribution in [0.3, 0.4) is 0 Å². The number of rotatable bonds is 5.